The Hall–Kier alpha value is -5.05. The molecule has 0 spiro atoms. The van der Waals surface area contributed by atoms with Crippen LogP contribution in [0.2, 0.25) is 0 Å². The van der Waals surface area contributed by atoms with Crippen LogP contribution in [0.15, 0.2) is 79.4 Å². The average Bonchev–Trinajstić information content (AvgIpc) is 3.33. The summed E-state index contributed by atoms with van der Waals surface area (Å²) in [6, 6.07) is 17.8. The number of rotatable bonds is 6. The number of fused-ring (bicyclic) bond motifs is 2. The Balaban J connectivity index is 1.24. The van der Waals surface area contributed by atoms with Crippen LogP contribution in [0.5, 0.6) is 0 Å². The van der Waals surface area contributed by atoms with Crippen LogP contribution in [0.4, 0.5) is 28.4 Å². The third kappa shape index (κ3) is 4.25. The molecule has 0 amide bonds. The fourth-order valence-corrected chi connectivity index (χ4v) is 4.05. The van der Waals surface area contributed by atoms with E-state index in [0.29, 0.717) is 11.5 Å². The van der Waals surface area contributed by atoms with Crippen molar-refractivity contribution in [3.63, 3.8) is 0 Å². The van der Waals surface area contributed by atoms with Gasteiger partial charge in [-0.25, -0.2) is 9.97 Å². The minimum absolute atomic E-state index is 0.633. The Kier molecular flexibility index (Phi) is 5.34. The van der Waals surface area contributed by atoms with E-state index in [0.717, 1.165) is 56.2 Å². The number of pyridine rings is 4. The zero-order chi connectivity index (χ0) is 24.5. The number of anilines is 5. The van der Waals surface area contributed by atoms with Gasteiger partial charge in [0.2, 0.25) is 0 Å². The molecular formula is C27H23N9. The number of aromatic amines is 1. The maximum atomic E-state index is 4.62. The first-order valence-corrected chi connectivity index (χ1v) is 11.5. The zero-order valence-corrected chi connectivity index (χ0v) is 19.7. The molecule has 0 bridgehead atoms. The lowest BCUT2D eigenvalue weighted by atomic mass is 10.1. The molecule has 176 valence electrons. The zero-order valence-electron chi connectivity index (χ0n) is 19.7. The van der Waals surface area contributed by atoms with E-state index in [4.69, 9.17) is 0 Å². The van der Waals surface area contributed by atoms with Gasteiger partial charge in [-0.3, -0.25) is 15.0 Å². The van der Waals surface area contributed by atoms with Crippen molar-refractivity contribution in [2.75, 3.05) is 23.0 Å². The minimum atomic E-state index is 0.633. The highest BCUT2D eigenvalue weighted by molar-refractivity contribution is 5.95. The van der Waals surface area contributed by atoms with Crippen LogP contribution in [0.1, 0.15) is 5.69 Å². The molecule has 36 heavy (non-hydrogen) atoms. The van der Waals surface area contributed by atoms with Crippen molar-refractivity contribution >= 4 is 50.5 Å². The van der Waals surface area contributed by atoms with Gasteiger partial charge in [0.15, 0.2) is 11.5 Å². The summed E-state index contributed by atoms with van der Waals surface area (Å²) in [7, 11) is 1.90. The number of hydrogen-bond donors (Lipinski definition) is 4. The van der Waals surface area contributed by atoms with Crippen LogP contribution >= 0.6 is 0 Å². The molecule has 4 N–H and O–H groups in total. The highest BCUT2D eigenvalue weighted by Gasteiger charge is 2.10. The van der Waals surface area contributed by atoms with Crippen LogP contribution in [-0.4, -0.2) is 37.0 Å². The third-order valence-corrected chi connectivity index (χ3v) is 5.84. The van der Waals surface area contributed by atoms with Gasteiger partial charge < -0.3 is 20.9 Å². The Morgan fingerprint density at radius 1 is 0.722 bits per heavy atom. The molecule has 0 fully saturated rings. The number of aromatic nitrogens is 6. The van der Waals surface area contributed by atoms with E-state index in [1.807, 2.05) is 62.5 Å². The van der Waals surface area contributed by atoms with Crippen molar-refractivity contribution in [1.82, 2.24) is 29.9 Å². The molecule has 9 nitrogen and oxygen atoms in total. The van der Waals surface area contributed by atoms with Crippen LogP contribution in [0, 0.1) is 6.92 Å². The van der Waals surface area contributed by atoms with E-state index < -0.39 is 0 Å². The summed E-state index contributed by atoms with van der Waals surface area (Å²) in [5.74, 6) is 0.661. The Bertz CT molecular complexity index is 1690. The molecule has 5 heterocycles. The van der Waals surface area contributed by atoms with Crippen LogP contribution in [0.3, 0.4) is 0 Å². The van der Waals surface area contributed by atoms with E-state index in [1.165, 1.54) is 0 Å². The van der Waals surface area contributed by atoms with Gasteiger partial charge in [-0.1, -0.05) is 0 Å². The Morgan fingerprint density at radius 3 is 2.42 bits per heavy atom. The van der Waals surface area contributed by atoms with E-state index in [1.54, 1.807) is 24.8 Å². The average molecular weight is 474 g/mol. The standard InChI is InChI=1S/C27H23N9/c1-16-11-18(7-9-29-16)33-20-13-25-26(32-15-20)36-27(35-25)24-6-4-19(14-31-24)34-23-8-10-30-22-5-3-17(28-2)12-21(22)23/h3-15,28H,1-2H3,(H,29,33)(H,30,34)(H,32,35,36). The van der Waals surface area contributed by atoms with Gasteiger partial charge in [-0.15, -0.1) is 0 Å². The van der Waals surface area contributed by atoms with E-state index in [2.05, 4.69) is 51.9 Å². The molecule has 0 saturated carbocycles. The van der Waals surface area contributed by atoms with Crippen molar-refractivity contribution in [3.05, 3.63) is 85.1 Å². The monoisotopic (exact) mass is 473 g/mol. The number of hydrogen-bond acceptors (Lipinski definition) is 8. The smallest absolute Gasteiger partial charge is 0.178 e. The summed E-state index contributed by atoms with van der Waals surface area (Å²) in [5.41, 5.74) is 8.74. The second-order valence-electron chi connectivity index (χ2n) is 8.39. The molecule has 0 atom stereocenters. The number of H-pyrrole nitrogens is 1. The van der Waals surface area contributed by atoms with Gasteiger partial charge >= 0.3 is 0 Å². The highest BCUT2D eigenvalue weighted by atomic mass is 15.0. The highest BCUT2D eigenvalue weighted by Crippen LogP contribution is 2.28. The van der Waals surface area contributed by atoms with Gasteiger partial charge in [0.05, 0.1) is 34.8 Å². The minimum Gasteiger partial charge on any atom is -0.388 e. The van der Waals surface area contributed by atoms with Crippen molar-refractivity contribution < 1.29 is 0 Å². The largest absolute Gasteiger partial charge is 0.388 e. The van der Waals surface area contributed by atoms with E-state index in [9.17, 15) is 0 Å². The summed E-state index contributed by atoms with van der Waals surface area (Å²) in [6.07, 6.45) is 7.13. The van der Waals surface area contributed by atoms with Gasteiger partial charge in [-0.2, -0.15) is 0 Å². The summed E-state index contributed by atoms with van der Waals surface area (Å²) in [6.45, 7) is 1.96. The molecule has 1 aromatic carbocycles. The molecule has 0 aliphatic carbocycles. The van der Waals surface area contributed by atoms with Gasteiger partial charge in [0.25, 0.3) is 0 Å². The van der Waals surface area contributed by atoms with Crippen molar-refractivity contribution in [3.8, 4) is 11.5 Å². The number of nitrogens with zero attached hydrogens (tertiary/aromatic N) is 5. The SMILES string of the molecule is CNc1ccc2nccc(Nc3ccc(-c4nc5ncc(Nc6ccnc(C)c6)cc5[nH]4)nc3)c2c1. The molecule has 0 unspecified atom stereocenters. The topological polar surface area (TPSA) is 116 Å². The number of benzene rings is 1. The molecular weight excluding hydrogens is 450 g/mol. The van der Waals surface area contributed by atoms with Crippen molar-refractivity contribution in [2.45, 2.75) is 6.92 Å². The summed E-state index contributed by atoms with van der Waals surface area (Å²) in [5, 5.41) is 11.0. The summed E-state index contributed by atoms with van der Waals surface area (Å²) < 4.78 is 0. The number of nitrogens with one attached hydrogen (secondary N) is 4. The molecule has 5 aromatic heterocycles. The normalized spacial score (nSPS) is 11.1. The van der Waals surface area contributed by atoms with Crippen molar-refractivity contribution in [2.24, 2.45) is 0 Å². The Morgan fingerprint density at radius 2 is 1.58 bits per heavy atom. The first kappa shape index (κ1) is 21.5. The first-order chi connectivity index (χ1) is 17.6. The predicted molar refractivity (Wildman–Crippen MR) is 144 cm³/mol. The lowest BCUT2D eigenvalue weighted by Crippen LogP contribution is -1.95. The molecule has 9 heteroatoms. The van der Waals surface area contributed by atoms with Crippen LogP contribution < -0.4 is 16.0 Å². The second kappa shape index (κ2) is 8.95. The first-order valence-electron chi connectivity index (χ1n) is 11.5. The quantitative estimate of drug-likeness (QED) is 0.240. The number of imidazole rings is 1. The number of aryl methyl sites for hydroxylation is 1. The third-order valence-electron chi connectivity index (χ3n) is 5.84. The van der Waals surface area contributed by atoms with Gasteiger partial charge in [-0.05, 0) is 61.5 Å². The fraction of sp³-hybridized carbons (Fsp3) is 0.0741. The summed E-state index contributed by atoms with van der Waals surface area (Å²) >= 11 is 0. The van der Waals surface area contributed by atoms with E-state index in [-0.39, 0.29) is 0 Å². The molecule has 0 aliphatic heterocycles. The molecule has 0 radical (unpaired) electrons. The maximum absolute atomic E-state index is 4.62. The second-order valence-corrected chi connectivity index (χ2v) is 8.39. The van der Waals surface area contributed by atoms with E-state index >= 15 is 0 Å². The van der Waals surface area contributed by atoms with Crippen LogP contribution in [0.25, 0.3) is 33.6 Å². The van der Waals surface area contributed by atoms with Crippen LogP contribution in [-0.2, 0) is 0 Å². The van der Waals surface area contributed by atoms with Crippen molar-refractivity contribution in [1.29, 1.82) is 0 Å². The molecule has 6 rings (SSSR count). The fourth-order valence-electron chi connectivity index (χ4n) is 4.05. The lowest BCUT2D eigenvalue weighted by molar-refractivity contribution is 1.20. The van der Waals surface area contributed by atoms with Gasteiger partial charge in [0.1, 0.15) is 5.69 Å². The van der Waals surface area contributed by atoms with Gasteiger partial charge in [0, 0.05) is 47.6 Å². The summed E-state index contributed by atoms with van der Waals surface area (Å²) in [4.78, 5) is 25.7. The molecule has 0 aliphatic rings. The predicted octanol–water partition coefficient (Wildman–Crippen LogP) is 5.80. The molecule has 0 saturated heterocycles. The maximum Gasteiger partial charge on any atom is 0.178 e. The Labute approximate surface area is 207 Å². The lowest BCUT2D eigenvalue weighted by Gasteiger charge is -2.10. The molecule has 6 aromatic rings.